The maximum absolute atomic E-state index is 12.9. The monoisotopic (exact) mass is 465 g/mol. The SMILES string of the molecule is Cc1cc(C#N)cnc1C(=O)Nc1ccc2c(c1)C(c1cccc(N3C[C@@H](C)O[C@@H](C)C3)c1)=NC2. The molecule has 5 rings (SSSR count). The van der Waals surface area contributed by atoms with Gasteiger partial charge in [0.05, 0.1) is 30.0 Å². The smallest absolute Gasteiger partial charge is 0.274 e. The first kappa shape index (κ1) is 22.8. The Kier molecular flexibility index (Phi) is 6.06. The molecule has 1 fully saturated rings. The fraction of sp³-hybridized carbons (Fsp3) is 0.286. The molecule has 3 aromatic rings. The number of aryl methyl sites for hydroxylation is 1. The minimum atomic E-state index is -0.305. The van der Waals surface area contributed by atoms with Gasteiger partial charge in [-0.25, -0.2) is 4.98 Å². The third kappa shape index (κ3) is 4.66. The number of anilines is 2. The van der Waals surface area contributed by atoms with Gasteiger partial charge in [0.25, 0.3) is 5.91 Å². The van der Waals surface area contributed by atoms with Crippen molar-refractivity contribution in [3.8, 4) is 6.07 Å². The van der Waals surface area contributed by atoms with Crippen LogP contribution in [0.4, 0.5) is 11.4 Å². The minimum absolute atomic E-state index is 0.187. The molecule has 3 heterocycles. The number of aromatic nitrogens is 1. The number of carbonyl (C=O) groups excluding carboxylic acids is 1. The number of rotatable bonds is 4. The van der Waals surface area contributed by atoms with Crippen LogP contribution in [-0.2, 0) is 11.3 Å². The molecule has 0 saturated carbocycles. The lowest BCUT2D eigenvalue weighted by Gasteiger charge is -2.37. The lowest BCUT2D eigenvalue weighted by molar-refractivity contribution is -0.00522. The topological polar surface area (TPSA) is 90.6 Å². The summed E-state index contributed by atoms with van der Waals surface area (Å²) in [4.78, 5) is 24.2. The Bertz CT molecular complexity index is 1360. The summed E-state index contributed by atoms with van der Waals surface area (Å²) in [5.41, 5.74) is 7.38. The number of nitrogens with zero attached hydrogens (tertiary/aromatic N) is 4. The van der Waals surface area contributed by atoms with Crippen molar-refractivity contribution < 1.29 is 9.53 Å². The van der Waals surface area contributed by atoms with Crippen molar-refractivity contribution in [3.05, 3.63) is 88.2 Å². The van der Waals surface area contributed by atoms with Crippen molar-refractivity contribution in [2.24, 2.45) is 4.99 Å². The molecule has 7 heteroatoms. The second-order valence-corrected chi connectivity index (χ2v) is 9.20. The summed E-state index contributed by atoms with van der Waals surface area (Å²) >= 11 is 0. The first-order chi connectivity index (χ1) is 16.9. The molecule has 35 heavy (non-hydrogen) atoms. The summed E-state index contributed by atoms with van der Waals surface area (Å²) in [6.45, 7) is 8.32. The van der Waals surface area contributed by atoms with Gasteiger partial charge in [0.2, 0.25) is 0 Å². The fourth-order valence-electron chi connectivity index (χ4n) is 4.81. The number of benzene rings is 2. The van der Waals surface area contributed by atoms with E-state index in [-0.39, 0.29) is 18.1 Å². The number of hydrogen-bond donors (Lipinski definition) is 1. The Morgan fingerprint density at radius 3 is 2.69 bits per heavy atom. The molecular weight excluding hydrogens is 438 g/mol. The average molecular weight is 466 g/mol. The van der Waals surface area contributed by atoms with Gasteiger partial charge < -0.3 is 15.0 Å². The summed E-state index contributed by atoms with van der Waals surface area (Å²) in [5, 5.41) is 12.0. The quantitative estimate of drug-likeness (QED) is 0.614. The average Bonchev–Trinajstić information content (AvgIpc) is 3.26. The van der Waals surface area contributed by atoms with E-state index in [0.29, 0.717) is 29.1 Å². The molecule has 1 saturated heterocycles. The van der Waals surface area contributed by atoms with Crippen molar-refractivity contribution in [2.45, 2.75) is 39.5 Å². The number of hydrogen-bond acceptors (Lipinski definition) is 6. The summed E-state index contributed by atoms with van der Waals surface area (Å²) in [7, 11) is 0. The Hall–Kier alpha value is -4.02. The Morgan fingerprint density at radius 2 is 1.94 bits per heavy atom. The van der Waals surface area contributed by atoms with E-state index in [0.717, 1.165) is 41.2 Å². The van der Waals surface area contributed by atoms with Crippen LogP contribution in [0.15, 0.2) is 59.7 Å². The van der Waals surface area contributed by atoms with Crippen molar-refractivity contribution in [3.63, 3.8) is 0 Å². The number of nitriles is 1. The molecule has 176 valence electrons. The van der Waals surface area contributed by atoms with Crippen LogP contribution in [0.2, 0.25) is 0 Å². The van der Waals surface area contributed by atoms with Crippen LogP contribution < -0.4 is 10.2 Å². The second-order valence-electron chi connectivity index (χ2n) is 9.20. The summed E-state index contributed by atoms with van der Waals surface area (Å²) < 4.78 is 5.89. The highest BCUT2D eigenvalue weighted by Crippen LogP contribution is 2.29. The summed E-state index contributed by atoms with van der Waals surface area (Å²) in [6.07, 6.45) is 1.79. The van der Waals surface area contributed by atoms with Gasteiger partial charge >= 0.3 is 0 Å². The molecular formula is C28H27N5O2. The molecule has 0 bridgehead atoms. The van der Waals surface area contributed by atoms with E-state index in [1.165, 1.54) is 6.20 Å². The number of morpholine rings is 1. The maximum Gasteiger partial charge on any atom is 0.274 e. The van der Waals surface area contributed by atoms with Crippen molar-refractivity contribution in [1.29, 1.82) is 5.26 Å². The van der Waals surface area contributed by atoms with Crippen LogP contribution in [-0.4, -0.2) is 41.9 Å². The van der Waals surface area contributed by atoms with Crippen molar-refractivity contribution in [2.75, 3.05) is 23.3 Å². The first-order valence-electron chi connectivity index (χ1n) is 11.8. The van der Waals surface area contributed by atoms with Crippen molar-refractivity contribution in [1.82, 2.24) is 4.98 Å². The van der Waals surface area contributed by atoms with E-state index >= 15 is 0 Å². The van der Waals surface area contributed by atoms with Crippen LogP contribution in [0, 0.1) is 18.3 Å². The Balaban J connectivity index is 1.39. The standard InChI is InChI=1S/C28H27N5O2/c1-17-9-20(12-29)13-30-26(17)28(34)32-23-8-7-22-14-31-27(25(22)11-23)21-5-4-6-24(10-21)33-15-18(2)35-19(3)16-33/h4-11,13,18-19H,14-16H2,1-3H3,(H,32,34)/t18-,19+. The molecule has 1 amide bonds. The third-order valence-corrected chi connectivity index (χ3v) is 6.36. The fourth-order valence-corrected chi connectivity index (χ4v) is 4.81. The molecule has 2 aliphatic heterocycles. The number of fused-ring (bicyclic) bond motifs is 1. The molecule has 0 spiro atoms. The second kappa shape index (κ2) is 9.32. The zero-order chi connectivity index (χ0) is 24.5. The molecule has 2 atom stereocenters. The molecule has 0 radical (unpaired) electrons. The zero-order valence-corrected chi connectivity index (χ0v) is 20.1. The van der Waals surface area contributed by atoms with Crippen LogP contribution in [0.5, 0.6) is 0 Å². The van der Waals surface area contributed by atoms with Gasteiger partial charge in [-0.05, 0) is 62.2 Å². The van der Waals surface area contributed by atoms with E-state index in [4.69, 9.17) is 15.0 Å². The number of pyridine rings is 1. The predicted octanol–water partition coefficient (Wildman–Crippen LogP) is 4.48. The van der Waals surface area contributed by atoms with Crippen LogP contribution in [0.25, 0.3) is 0 Å². The lowest BCUT2D eigenvalue weighted by Crippen LogP contribution is -2.45. The molecule has 7 nitrogen and oxygen atoms in total. The molecule has 1 N–H and O–H groups in total. The summed E-state index contributed by atoms with van der Waals surface area (Å²) in [6, 6.07) is 18.1. The molecule has 0 unspecified atom stereocenters. The minimum Gasteiger partial charge on any atom is -0.372 e. The van der Waals surface area contributed by atoms with Crippen molar-refractivity contribution >= 4 is 23.0 Å². The van der Waals surface area contributed by atoms with Gasteiger partial charge in [0.1, 0.15) is 11.8 Å². The van der Waals surface area contributed by atoms with Gasteiger partial charge in [-0.3, -0.25) is 9.79 Å². The number of amides is 1. The number of carbonyl (C=O) groups is 1. The molecule has 2 aliphatic rings. The Morgan fingerprint density at radius 1 is 1.14 bits per heavy atom. The van der Waals surface area contributed by atoms with Crippen LogP contribution in [0.3, 0.4) is 0 Å². The number of ether oxygens (including phenoxy) is 1. The highest BCUT2D eigenvalue weighted by Gasteiger charge is 2.24. The van der Waals surface area contributed by atoms with Gasteiger partial charge in [-0.1, -0.05) is 18.2 Å². The zero-order valence-electron chi connectivity index (χ0n) is 20.1. The van der Waals surface area contributed by atoms with Crippen LogP contribution in [0.1, 0.15) is 52.2 Å². The van der Waals surface area contributed by atoms with E-state index in [9.17, 15) is 4.79 Å². The highest BCUT2D eigenvalue weighted by molar-refractivity contribution is 6.16. The third-order valence-electron chi connectivity index (χ3n) is 6.36. The van der Waals surface area contributed by atoms with E-state index in [1.807, 2.05) is 24.3 Å². The normalized spacial score (nSPS) is 19.0. The van der Waals surface area contributed by atoms with Gasteiger partial charge in [0.15, 0.2) is 0 Å². The predicted molar refractivity (Wildman–Crippen MR) is 136 cm³/mol. The van der Waals surface area contributed by atoms with Gasteiger partial charge in [-0.15, -0.1) is 0 Å². The van der Waals surface area contributed by atoms with E-state index < -0.39 is 0 Å². The molecule has 2 aromatic carbocycles. The highest BCUT2D eigenvalue weighted by atomic mass is 16.5. The molecule has 0 aliphatic carbocycles. The van der Waals surface area contributed by atoms with Gasteiger partial charge in [-0.2, -0.15) is 5.26 Å². The van der Waals surface area contributed by atoms with Crippen LogP contribution >= 0.6 is 0 Å². The number of aliphatic imine (C=N–C) groups is 1. The number of nitrogens with one attached hydrogen (secondary N) is 1. The van der Waals surface area contributed by atoms with E-state index in [2.05, 4.69) is 53.3 Å². The molecule has 1 aromatic heterocycles. The first-order valence-corrected chi connectivity index (χ1v) is 11.8. The largest absolute Gasteiger partial charge is 0.372 e. The maximum atomic E-state index is 12.9. The lowest BCUT2D eigenvalue weighted by atomic mass is 9.98. The Labute approximate surface area is 205 Å². The summed E-state index contributed by atoms with van der Waals surface area (Å²) in [5.74, 6) is -0.305. The van der Waals surface area contributed by atoms with Gasteiger partial charge in [0, 0.05) is 41.8 Å². The van der Waals surface area contributed by atoms with E-state index in [1.54, 1.807) is 13.0 Å².